The first-order chi connectivity index (χ1) is 13.0. The molecule has 1 N–H and O–H groups in total. The predicted molar refractivity (Wildman–Crippen MR) is 100 cm³/mol. The Balaban J connectivity index is 1.65. The number of fused-ring (bicyclic) bond motifs is 1. The van der Waals surface area contributed by atoms with Crippen LogP contribution < -0.4 is 14.8 Å². The summed E-state index contributed by atoms with van der Waals surface area (Å²) in [5.41, 5.74) is 1.03. The summed E-state index contributed by atoms with van der Waals surface area (Å²) in [6.07, 6.45) is 0. The summed E-state index contributed by atoms with van der Waals surface area (Å²) in [6.45, 7) is 3.32. The molecule has 0 aliphatic carbocycles. The standard InChI is InChI=1S/C19H21N3O5/c1-13(19(23)20-15-5-3-4-6-16(15)22(24)25)21(2)12-14-7-8-17-18(11-14)27-10-9-26-17/h3-8,11,13H,9-10,12H2,1-2H3,(H,20,23). The van der Waals surface area contributed by atoms with E-state index in [0.29, 0.717) is 25.5 Å². The van der Waals surface area contributed by atoms with Crippen molar-refractivity contribution in [3.63, 3.8) is 0 Å². The van der Waals surface area contributed by atoms with Crippen LogP contribution in [0.4, 0.5) is 11.4 Å². The highest BCUT2D eigenvalue weighted by atomic mass is 16.6. The summed E-state index contributed by atoms with van der Waals surface area (Å²) >= 11 is 0. The SMILES string of the molecule is CC(C(=O)Nc1ccccc1[N+](=O)[O-])N(C)Cc1ccc2c(c1)OCCO2. The number of benzene rings is 2. The van der Waals surface area contributed by atoms with Crippen molar-refractivity contribution in [1.82, 2.24) is 4.90 Å². The number of hydrogen-bond acceptors (Lipinski definition) is 6. The van der Waals surface area contributed by atoms with Crippen LogP contribution in [-0.2, 0) is 11.3 Å². The number of amides is 1. The third-order valence-electron chi connectivity index (χ3n) is 4.44. The molecule has 0 radical (unpaired) electrons. The minimum Gasteiger partial charge on any atom is -0.486 e. The average molecular weight is 371 g/mol. The van der Waals surface area contributed by atoms with Crippen molar-refractivity contribution in [3.05, 3.63) is 58.1 Å². The number of likely N-dealkylation sites (N-methyl/N-ethyl adjacent to an activating group) is 1. The van der Waals surface area contributed by atoms with E-state index in [1.165, 1.54) is 12.1 Å². The number of para-hydroxylation sites is 2. The first-order valence-corrected chi connectivity index (χ1v) is 8.59. The number of rotatable bonds is 6. The van der Waals surface area contributed by atoms with E-state index in [-0.39, 0.29) is 17.3 Å². The van der Waals surface area contributed by atoms with Crippen LogP contribution in [0, 0.1) is 10.1 Å². The van der Waals surface area contributed by atoms with Gasteiger partial charge in [-0.2, -0.15) is 0 Å². The van der Waals surface area contributed by atoms with Crippen molar-refractivity contribution >= 4 is 17.3 Å². The molecule has 0 aromatic heterocycles. The van der Waals surface area contributed by atoms with Gasteiger partial charge in [-0.3, -0.25) is 19.8 Å². The molecule has 1 atom stereocenters. The molecule has 1 aliphatic rings. The monoisotopic (exact) mass is 371 g/mol. The molecule has 27 heavy (non-hydrogen) atoms. The van der Waals surface area contributed by atoms with Crippen LogP contribution in [0.1, 0.15) is 12.5 Å². The topological polar surface area (TPSA) is 93.9 Å². The summed E-state index contributed by atoms with van der Waals surface area (Å²) in [5.74, 6) is 1.10. The summed E-state index contributed by atoms with van der Waals surface area (Å²) in [6, 6.07) is 11.3. The van der Waals surface area contributed by atoms with Crippen LogP contribution in [0.15, 0.2) is 42.5 Å². The Bertz CT molecular complexity index is 855. The minimum atomic E-state index is -0.515. The molecule has 1 amide bonds. The zero-order valence-corrected chi connectivity index (χ0v) is 15.2. The van der Waals surface area contributed by atoms with Crippen LogP contribution in [0.5, 0.6) is 11.5 Å². The summed E-state index contributed by atoms with van der Waals surface area (Å²) in [7, 11) is 1.82. The van der Waals surface area contributed by atoms with E-state index in [9.17, 15) is 14.9 Å². The van der Waals surface area contributed by atoms with Crippen LogP contribution in [0.25, 0.3) is 0 Å². The van der Waals surface area contributed by atoms with Crippen molar-refractivity contribution in [2.75, 3.05) is 25.6 Å². The zero-order valence-electron chi connectivity index (χ0n) is 15.2. The molecule has 2 aromatic carbocycles. The van der Waals surface area contributed by atoms with Gasteiger partial charge in [0.15, 0.2) is 11.5 Å². The first-order valence-electron chi connectivity index (χ1n) is 8.59. The molecule has 3 rings (SSSR count). The summed E-state index contributed by atoms with van der Waals surface area (Å²) in [5, 5.41) is 13.7. The molecule has 8 heteroatoms. The number of nitro groups is 1. The number of nitrogens with zero attached hydrogens (tertiary/aromatic N) is 2. The average Bonchev–Trinajstić information content (AvgIpc) is 2.67. The maximum Gasteiger partial charge on any atom is 0.292 e. The molecule has 0 saturated carbocycles. The van der Waals surface area contributed by atoms with Gasteiger partial charge in [0.2, 0.25) is 5.91 Å². The number of nitrogens with one attached hydrogen (secondary N) is 1. The van der Waals surface area contributed by atoms with Gasteiger partial charge in [-0.1, -0.05) is 18.2 Å². The minimum absolute atomic E-state index is 0.132. The van der Waals surface area contributed by atoms with E-state index in [4.69, 9.17) is 9.47 Å². The molecule has 0 spiro atoms. The molecule has 0 bridgehead atoms. The van der Waals surface area contributed by atoms with Crippen molar-refractivity contribution in [1.29, 1.82) is 0 Å². The molecule has 142 valence electrons. The highest BCUT2D eigenvalue weighted by Gasteiger charge is 2.22. The van der Waals surface area contributed by atoms with Crippen molar-refractivity contribution in [3.8, 4) is 11.5 Å². The van der Waals surface area contributed by atoms with Gasteiger partial charge in [0.05, 0.1) is 11.0 Å². The van der Waals surface area contributed by atoms with Gasteiger partial charge < -0.3 is 14.8 Å². The molecule has 8 nitrogen and oxygen atoms in total. The Kier molecular flexibility index (Phi) is 5.56. The number of carbonyl (C=O) groups excluding carboxylic acids is 1. The third kappa shape index (κ3) is 4.35. The maximum absolute atomic E-state index is 12.5. The van der Waals surface area contributed by atoms with Gasteiger partial charge in [0.25, 0.3) is 5.69 Å². The van der Waals surface area contributed by atoms with Gasteiger partial charge in [-0.15, -0.1) is 0 Å². The molecule has 1 aliphatic heterocycles. The lowest BCUT2D eigenvalue weighted by Crippen LogP contribution is -2.39. The zero-order chi connectivity index (χ0) is 19.4. The maximum atomic E-state index is 12.5. The molecular weight excluding hydrogens is 350 g/mol. The molecule has 1 unspecified atom stereocenters. The Labute approximate surface area is 156 Å². The molecule has 1 heterocycles. The Morgan fingerprint density at radius 3 is 2.67 bits per heavy atom. The largest absolute Gasteiger partial charge is 0.486 e. The quantitative estimate of drug-likeness (QED) is 0.620. The number of anilines is 1. The van der Waals surface area contributed by atoms with E-state index in [1.807, 2.05) is 30.1 Å². The lowest BCUT2D eigenvalue weighted by Gasteiger charge is -2.25. The van der Waals surface area contributed by atoms with Crippen molar-refractivity contribution in [2.24, 2.45) is 0 Å². The second kappa shape index (κ2) is 8.05. The Hall–Kier alpha value is -3.13. The first kappa shape index (κ1) is 18.7. The van der Waals surface area contributed by atoms with Crippen LogP contribution in [0.2, 0.25) is 0 Å². The number of carbonyl (C=O) groups is 1. The Morgan fingerprint density at radius 1 is 1.22 bits per heavy atom. The normalized spacial score (nSPS) is 13.9. The molecule has 0 fully saturated rings. The lowest BCUT2D eigenvalue weighted by molar-refractivity contribution is -0.383. The number of hydrogen-bond donors (Lipinski definition) is 1. The summed E-state index contributed by atoms with van der Waals surface area (Å²) < 4.78 is 11.1. The Morgan fingerprint density at radius 2 is 1.93 bits per heavy atom. The van der Waals surface area contributed by atoms with Gasteiger partial charge in [0, 0.05) is 12.6 Å². The third-order valence-corrected chi connectivity index (χ3v) is 4.44. The van der Waals surface area contributed by atoms with Crippen LogP contribution in [-0.4, -0.2) is 42.0 Å². The fourth-order valence-corrected chi connectivity index (χ4v) is 2.79. The molecular formula is C19H21N3O5. The smallest absolute Gasteiger partial charge is 0.292 e. The van der Waals surface area contributed by atoms with Crippen LogP contribution >= 0.6 is 0 Å². The van der Waals surface area contributed by atoms with E-state index in [1.54, 1.807) is 19.1 Å². The lowest BCUT2D eigenvalue weighted by atomic mass is 10.1. The fraction of sp³-hybridized carbons (Fsp3) is 0.316. The van der Waals surface area contributed by atoms with Crippen molar-refractivity contribution < 1.29 is 19.2 Å². The molecule has 0 saturated heterocycles. The van der Waals surface area contributed by atoms with Gasteiger partial charge in [-0.25, -0.2) is 0 Å². The van der Waals surface area contributed by atoms with Gasteiger partial charge in [-0.05, 0) is 37.7 Å². The fourth-order valence-electron chi connectivity index (χ4n) is 2.79. The second-order valence-electron chi connectivity index (χ2n) is 6.33. The second-order valence-corrected chi connectivity index (χ2v) is 6.33. The molecule has 2 aromatic rings. The van der Waals surface area contributed by atoms with E-state index in [0.717, 1.165) is 11.3 Å². The highest BCUT2D eigenvalue weighted by Crippen LogP contribution is 2.31. The van der Waals surface area contributed by atoms with E-state index in [2.05, 4.69) is 5.32 Å². The van der Waals surface area contributed by atoms with Gasteiger partial charge in [0.1, 0.15) is 18.9 Å². The highest BCUT2D eigenvalue weighted by molar-refractivity contribution is 5.96. The van der Waals surface area contributed by atoms with Gasteiger partial charge >= 0.3 is 0 Å². The number of ether oxygens (including phenoxy) is 2. The predicted octanol–water partition coefficient (Wildman–Crippen LogP) is 2.83. The van der Waals surface area contributed by atoms with E-state index < -0.39 is 11.0 Å². The number of nitro benzene ring substituents is 1. The van der Waals surface area contributed by atoms with Crippen molar-refractivity contribution in [2.45, 2.75) is 19.5 Å². The summed E-state index contributed by atoms with van der Waals surface area (Å²) in [4.78, 5) is 25.0. The van der Waals surface area contributed by atoms with E-state index >= 15 is 0 Å². The van der Waals surface area contributed by atoms with Crippen LogP contribution in [0.3, 0.4) is 0 Å².